The molecule has 0 saturated carbocycles. The van der Waals surface area contributed by atoms with E-state index in [0.717, 1.165) is 0 Å². The largest absolute Gasteiger partial charge is 0.489 e. The fourth-order valence-electron chi connectivity index (χ4n) is 1.78. The molecule has 1 atom stereocenters. The third kappa shape index (κ3) is 3.11. The maximum atomic E-state index is 13.7. The maximum absolute atomic E-state index is 13.7. The van der Waals surface area contributed by atoms with Gasteiger partial charge in [-0.15, -0.1) is 0 Å². The lowest BCUT2D eigenvalue weighted by Crippen LogP contribution is -2.07. The molecule has 0 spiro atoms. The highest BCUT2D eigenvalue weighted by molar-refractivity contribution is 5.33. The molecule has 0 fully saturated rings. The van der Waals surface area contributed by atoms with E-state index >= 15 is 0 Å². The van der Waals surface area contributed by atoms with Crippen LogP contribution < -0.4 is 10.5 Å². The molecular weight excluding hydrogens is 257 g/mol. The van der Waals surface area contributed by atoms with Crippen molar-refractivity contribution in [2.24, 2.45) is 5.73 Å². The van der Waals surface area contributed by atoms with Crippen LogP contribution in [0.2, 0.25) is 0 Å². The molecule has 0 amide bonds. The molecule has 0 radical (unpaired) electrons. The van der Waals surface area contributed by atoms with E-state index in [1.165, 1.54) is 6.07 Å². The van der Waals surface area contributed by atoms with Gasteiger partial charge in [-0.25, -0.2) is 9.37 Å². The molecule has 0 bridgehead atoms. The lowest BCUT2D eigenvalue weighted by atomic mass is 10.1. The number of benzene rings is 1. The van der Waals surface area contributed by atoms with Gasteiger partial charge < -0.3 is 10.5 Å². The van der Waals surface area contributed by atoms with E-state index in [9.17, 15) is 4.39 Å². The predicted molar refractivity (Wildman–Crippen MR) is 72.3 cm³/mol. The first kappa shape index (κ1) is 14.0. The lowest BCUT2D eigenvalue weighted by molar-refractivity contribution is 0.303. The Balaban J connectivity index is 2.12. The van der Waals surface area contributed by atoms with Gasteiger partial charge in [-0.05, 0) is 19.1 Å². The number of rotatable bonds is 4. The second-order valence-electron chi connectivity index (χ2n) is 4.38. The zero-order valence-corrected chi connectivity index (χ0v) is 11.0. The zero-order chi connectivity index (χ0) is 14.5. The van der Waals surface area contributed by atoms with Gasteiger partial charge in [0.15, 0.2) is 0 Å². The van der Waals surface area contributed by atoms with Crippen molar-refractivity contribution >= 4 is 0 Å². The normalized spacial score (nSPS) is 11.7. The number of ether oxygens (including phenoxy) is 1. The van der Waals surface area contributed by atoms with Gasteiger partial charge in [-0.2, -0.15) is 5.26 Å². The summed E-state index contributed by atoms with van der Waals surface area (Å²) in [6, 6.07) is 9.64. The van der Waals surface area contributed by atoms with Crippen molar-refractivity contribution in [3.05, 3.63) is 59.2 Å². The smallest absolute Gasteiger partial charge is 0.147 e. The molecule has 1 aromatic carbocycles. The van der Waals surface area contributed by atoms with Crippen LogP contribution >= 0.6 is 0 Å². The van der Waals surface area contributed by atoms with Gasteiger partial charge in [0, 0.05) is 29.4 Å². The van der Waals surface area contributed by atoms with E-state index in [1.807, 2.05) is 6.07 Å². The van der Waals surface area contributed by atoms with E-state index in [-0.39, 0.29) is 12.6 Å². The standard InChI is InChI=1S/C15H14FN3O/c1-10(18)13-5-4-12(7-14(13)16)20-9-11-3-2-6-19-15(11)8-17/h2-7,10H,9,18H2,1H3/t10-/m1/s1. The summed E-state index contributed by atoms with van der Waals surface area (Å²) >= 11 is 0. The van der Waals surface area contributed by atoms with Gasteiger partial charge >= 0.3 is 0 Å². The SMILES string of the molecule is C[C@@H](N)c1ccc(OCc2cccnc2C#N)cc1F. The molecule has 2 rings (SSSR count). The van der Waals surface area contributed by atoms with Gasteiger partial charge in [0.05, 0.1) is 0 Å². The number of nitriles is 1. The molecule has 102 valence electrons. The molecule has 1 aromatic heterocycles. The van der Waals surface area contributed by atoms with Crippen LogP contribution in [0.25, 0.3) is 0 Å². The highest BCUT2D eigenvalue weighted by Crippen LogP contribution is 2.21. The van der Waals surface area contributed by atoms with Gasteiger partial charge in [-0.1, -0.05) is 12.1 Å². The first-order valence-electron chi connectivity index (χ1n) is 6.13. The molecule has 0 saturated heterocycles. The van der Waals surface area contributed by atoms with Crippen LogP contribution in [0.4, 0.5) is 4.39 Å². The number of nitrogens with two attached hydrogens (primary N) is 1. The summed E-state index contributed by atoms with van der Waals surface area (Å²) in [5.41, 5.74) is 7.05. The average molecular weight is 271 g/mol. The minimum absolute atomic E-state index is 0.160. The monoisotopic (exact) mass is 271 g/mol. The van der Waals surface area contributed by atoms with Crippen molar-refractivity contribution in [3.63, 3.8) is 0 Å². The Labute approximate surface area is 116 Å². The van der Waals surface area contributed by atoms with Gasteiger partial charge in [0.1, 0.15) is 29.9 Å². The number of aromatic nitrogens is 1. The van der Waals surface area contributed by atoms with E-state index < -0.39 is 5.82 Å². The Morgan fingerprint density at radius 2 is 2.25 bits per heavy atom. The molecule has 5 heteroatoms. The Hall–Kier alpha value is -2.45. The molecule has 0 unspecified atom stereocenters. The fraction of sp³-hybridized carbons (Fsp3) is 0.200. The predicted octanol–water partition coefficient (Wildman–Crippen LogP) is 2.69. The fourth-order valence-corrected chi connectivity index (χ4v) is 1.78. The minimum atomic E-state index is -0.399. The van der Waals surface area contributed by atoms with Crippen molar-refractivity contribution < 1.29 is 9.13 Å². The van der Waals surface area contributed by atoms with Gasteiger partial charge in [0.2, 0.25) is 0 Å². The van der Waals surface area contributed by atoms with Crippen LogP contribution in [0, 0.1) is 17.1 Å². The third-order valence-corrected chi connectivity index (χ3v) is 2.85. The number of hydrogen-bond donors (Lipinski definition) is 1. The summed E-state index contributed by atoms with van der Waals surface area (Å²) in [6.45, 7) is 1.88. The van der Waals surface area contributed by atoms with Crippen molar-refractivity contribution in [3.8, 4) is 11.8 Å². The molecule has 0 aliphatic carbocycles. The number of hydrogen-bond acceptors (Lipinski definition) is 4. The van der Waals surface area contributed by atoms with Crippen molar-refractivity contribution in [1.82, 2.24) is 4.98 Å². The summed E-state index contributed by atoms with van der Waals surface area (Å²) in [4.78, 5) is 3.93. The molecule has 2 aromatic rings. The van der Waals surface area contributed by atoms with Crippen molar-refractivity contribution in [1.29, 1.82) is 5.26 Å². The molecule has 1 heterocycles. The molecule has 2 N–H and O–H groups in total. The van der Waals surface area contributed by atoms with Crippen molar-refractivity contribution in [2.45, 2.75) is 19.6 Å². The lowest BCUT2D eigenvalue weighted by Gasteiger charge is -2.10. The van der Waals surface area contributed by atoms with Gasteiger partial charge in [0.25, 0.3) is 0 Å². The van der Waals surface area contributed by atoms with Crippen LogP contribution in [-0.4, -0.2) is 4.98 Å². The number of nitrogens with zero attached hydrogens (tertiary/aromatic N) is 2. The average Bonchev–Trinajstić information content (AvgIpc) is 2.45. The molecule has 0 aliphatic rings. The summed E-state index contributed by atoms with van der Waals surface area (Å²) in [5, 5.41) is 8.92. The third-order valence-electron chi connectivity index (χ3n) is 2.85. The first-order valence-corrected chi connectivity index (χ1v) is 6.13. The van der Waals surface area contributed by atoms with Crippen LogP contribution in [0.3, 0.4) is 0 Å². The van der Waals surface area contributed by atoms with Crippen LogP contribution in [-0.2, 0) is 6.61 Å². The second kappa shape index (κ2) is 6.13. The first-order chi connectivity index (χ1) is 9.61. The van der Waals surface area contributed by atoms with Crippen LogP contribution in [0.15, 0.2) is 36.5 Å². The van der Waals surface area contributed by atoms with Crippen LogP contribution in [0.5, 0.6) is 5.75 Å². The van der Waals surface area contributed by atoms with E-state index in [1.54, 1.807) is 37.4 Å². The summed E-state index contributed by atoms with van der Waals surface area (Å²) in [5.74, 6) is -0.0103. The van der Waals surface area contributed by atoms with E-state index in [2.05, 4.69) is 4.98 Å². The summed E-state index contributed by atoms with van der Waals surface area (Å²) < 4.78 is 19.2. The highest BCUT2D eigenvalue weighted by atomic mass is 19.1. The Bertz CT molecular complexity index is 650. The Kier molecular flexibility index (Phi) is 4.28. The molecule has 20 heavy (non-hydrogen) atoms. The molecule has 0 aliphatic heterocycles. The topological polar surface area (TPSA) is 71.9 Å². The van der Waals surface area contributed by atoms with Crippen LogP contribution in [0.1, 0.15) is 29.8 Å². The Morgan fingerprint density at radius 3 is 2.90 bits per heavy atom. The highest BCUT2D eigenvalue weighted by Gasteiger charge is 2.09. The molecular formula is C15H14FN3O. The zero-order valence-electron chi connectivity index (χ0n) is 11.0. The Morgan fingerprint density at radius 1 is 1.45 bits per heavy atom. The quantitative estimate of drug-likeness (QED) is 0.928. The maximum Gasteiger partial charge on any atom is 0.147 e. The molecule has 4 nitrogen and oxygen atoms in total. The summed E-state index contributed by atoms with van der Waals surface area (Å²) in [6.07, 6.45) is 1.54. The summed E-state index contributed by atoms with van der Waals surface area (Å²) in [7, 11) is 0. The number of pyridine rings is 1. The minimum Gasteiger partial charge on any atom is -0.489 e. The second-order valence-corrected chi connectivity index (χ2v) is 4.38. The van der Waals surface area contributed by atoms with E-state index in [4.69, 9.17) is 15.7 Å². The van der Waals surface area contributed by atoms with Crippen molar-refractivity contribution in [2.75, 3.05) is 0 Å². The van der Waals surface area contributed by atoms with E-state index in [0.29, 0.717) is 22.6 Å². The van der Waals surface area contributed by atoms with Gasteiger partial charge in [-0.3, -0.25) is 0 Å². The number of halogens is 1.